The predicted octanol–water partition coefficient (Wildman–Crippen LogP) is 3.91. The highest BCUT2D eigenvalue weighted by molar-refractivity contribution is 5.68. The summed E-state index contributed by atoms with van der Waals surface area (Å²) in [5, 5.41) is 3.01. The SMILES string of the molecule is CC(C)(C)OC(=O)NC(c1ccccc1)C1(N)CCCCC1. The second-order valence-corrected chi connectivity index (χ2v) is 7.28. The molecule has 1 aliphatic carbocycles. The number of hydrogen-bond acceptors (Lipinski definition) is 3. The van der Waals surface area contributed by atoms with Crippen LogP contribution in [0.25, 0.3) is 0 Å². The molecule has 1 fully saturated rings. The van der Waals surface area contributed by atoms with Crippen molar-refractivity contribution in [2.45, 2.75) is 70.1 Å². The Labute approximate surface area is 133 Å². The third kappa shape index (κ3) is 4.47. The Morgan fingerprint density at radius 1 is 1.18 bits per heavy atom. The van der Waals surface area contributed by atoms with Gasteiger partial charge in [-0.3, -0.25) is 0 Å². The zero-order chi connectivity index (χ0) is 16.2. The lowest BCUT2D eigenvalue weighted by atomic mass is 9.75. The lowest BCUT2D eigenvalue weighted by Gasteiger charge is -2.41. The van der Waals surface area contributed by atoms with E-state index in [1.807, 2.05) is 51.1 Å². The number of amides is 1. The van der Waals surface area contributed by atoms with E-state index < -0.39 is 17.2 Å². The Hall–Kier alpha value is -1.55. The number of nitrogens with two attached hydrogens (primary N) is 1. The van der Waals surface area contributed by atoms with E-state index >= 15 is 0 Å². The summed E-state index contributed by atoms with van der Waals surface area (Å²) in [7, 11) is 0. The Morgan fingerprint density at radius 2 is 1.77 bits per heavy atom. The molecule has 1 aliphatic rings. The van der Waals surface area contributed by atoms with E-state index in [0.29, 0.717) is 0 Å². The minimum atomic E-state index is -0.514. The lowest BCUT2D eigenvalue weighted by Crippen LogP contribution is -2.54. The first-order valence-corrected chi connectivity index (χ1v) is 8.13. The van der Waals surface area contributed by atoms with E-state index in [1.165, 1.54) is 6.42 Å². The summed E-state index contributed by atoms with van der Waals surface area (Å²) in [4.78, 5) is 12.2. The van der Waals surface area contributed by atoms with Gasteiger partial charge in [0.2, 0.25) is 0 Å². The van der Waals surface area contributed by atoms with Crippen LogP contribution in [-0.4, -0.2) is 17.2 Å². The van der Waals surface area contributed by atoms with Gasteiger partial charge in [0.05, 0.1) is 6.04 Å². The first-order valence-electron chi connectivity index (χ1n) is 8.13. The molecule has 3 N–H and O–H groups in total. The number of benzene rings is 1. The second kappa shape index (κ2) is 6.69. The molecular formula is C18H28N2O2. The normalized spacial score (nSPS) is 19.3. The highest BCUT2D eigenvalue weighted by Gasteiger charge is 2.38. The fourth-order valence-electron chi connectivity index (χ4n) is 3.13. The third-order valence-electron chi connectivity index (χ3n) is 4.15. The quantitative estimate of drug-likeness (QED) is 0.889. The Balaban J connectivity index is 2.20. The molecule has 122 valence electrons. The number of alkyl carbamates (subject to hydrolysis) is 1. The first kappa shape index (κ1) is 16.8. The summed E-state index contributed by atoms with van der Waals surface area (Å²) < 4.78 is 5.42. The highest BCUT2D eigenvalue weighted by atomic mass is 16.6. The van der Waals surface area contributed by atoms with Crippen LogP contribution >= 0.6 is 0 Å². The van der Waals surface area contributed by atoms with Gasteiger partial charge < -0.3 is 15.8 Å². The fraction of sp³-hybridized carbons (Fsp3) is 0.611. The summed E-state index contributed by atoms with van der Waals surface area (Å²) in [5.74, 6) is 0. The monoisotopic (exact) mass is 304 g/mol. The van der Waals surface area contributed by atoms with Crippen molar-refractivity contribution in [3.05, 3.63) is 35.9 Å². The molecule has 4 heteroatoms. The highest BCUT2D eigenvalue weighted by Crippen LogP contribution is 2.36. The van der Waals surface area contributed by atoms with E-state index in [1.54, 1.807) is 0 Å². The van der Waals surface area contributed by atoms with E-state index in [9.17, 15) is 4.79 Å². The van der Waals surface area contributed by atoms with Crippen LogP contribution in [0.5, 0.6) is 0 Å². The molecule has 4 nitrogen and oxygen atoms in total. The largest absolute Gasteiger partial charge is 0.444 e. The lowest BCUT2D eigenvalue weighted by molar-refractivity contribution is 0.0461. The number of ether oxygens (including phenoxy) is 1. The summed E-state index contributed by atoms with van der Waals surface area (Å²) in [5.41, 5.74) is 6.80. The number of carbonyl (C=O) groups excluding carboxylic acids is 1. The molecule has 1 atom stereocenters. The van der Waals surface area contributed by atoms with Crippen molar-refractivity contribution in [2.24, 2.45) is 5.73 Å². The minimum absolute atomic E-state index is 0.219. The maximum absolute atomic E-state index is 12.2. The van der Waals surface area contributed by atoms with Crippen LogP contribution in [0.15, 0.2) is 30.3 Å². The molecule has 0 bridgehead atoms. The van der Waals surface area contributed by atoms with Gasteiger partial charge in [-0.2, -0.15) is 0 Å². The van der Waals surface area contributed by atoms with Crippen LogP contribution in [0.4, 0.5) is 4.79 Å². The molecule has 1 aromatic carbocycles. The van der Waals surface area contributed by atoms with Crippen molar-refractivity contribution in [3.8, 4) is 0 Å². The molecule has 1 amide bonds. The van der Waals surface area contributed by atoms with Crippen LogP contribution < -0.4 is 11.1 Å². The van der Waals surface area contributed by atoms with E-state index in [2.05, 4.69) is 5.32 Å². The van der Waals surface area contributed by atoms with E-state index in [0.717, 1.165) is 31.2 Å². The van der Waals surface area contributed by atoms with E-state index in [4.69, 9.17) is 10.5 Å². The average Bonchev–Trinajstić information content (AvgIpc) is 2.44. The van der Waals surface area contributed by atoms with Crippen molar-refractivity contribution in [2.75, 3.05) is 0 Å². The molecule has 2 rings (SSSR count). The molecule has 0 saturated heterocycles. The Kier molecular flexibility index (Phi) is 5.12. The standard InChI is InChI=1S/C18H28N2O2/c1-17(2,3)22-16(21)20-15(14-10-6-4-7-11-14)18(19)12-8-5-9-13-18/h4,6-7,10-11,15H,5,8-9,12-13,19H2,1-3H3,(H,20,21). The smallest absolute Gasteiger partial charge is 0.408 e. The van der Waals surface area contributed by atoms with Crippen molar-refractivity contribution in [3.63, 3.8) is 0 Å². The average molecular weight is 304 g/mol. The van der Waals surface area contributed by atoms with Gasteiger partial charge >= 0.3 is 6.09 Å². The zero-order valence-electron chi connectivity index (χ0n) is 13.9. The van der Waals surface area contributed by atoms with Crippen molar-refractivity contribution in [1.82, 2.24) is 5.32 Å². The summed E-state index contributed by atoms with van der Waals surface area (Å²) in [6.45, 7) is 5.59. The van der Waals surface area contributed by atoms with Gasteiger partial charge in [-0.25, -0.2) is 4.79 Å². The van der Waals surface area contributed by atoms with Gasteiger partial charge in [0.1, 0.15) is 5.60 Å². The molecule has 0 aliphatic heterocycles. The Bertz CT molecular complexity index is 488. The summed E-state index contributed by atoms with van der Waals surface area (Å²) in [6, 6.07) is 9.74. The molecule has 0 aromatic heterocycles. The minimum Gasteiger partial charge on any atom is -0.444 e. The topological polar surface area (TPSA) is 64.3 Å². The zero-order valence-corrected chi connectivity index (χ0v) is 13.9. The van der Waals surface area contributed by atoms with Crippen molar-refractivity contribution in [1.29, 1.82) is 0 Å². The number of carbonyl (C=O) groups is 1. The molecule has 22 heavy (non-hydrogen) atoms. The maximum atomic E-state index is 12.2. The molecule has 1 aromatic rings. The van der Waals surface area contributed by atoms with Crippen LogP contribution in [0.3, 0.4) is 0 Å². The maximum Gasteiger partial charge on any atom is 0.408 e. The number of nitrogens with one attached hydrogen (secondary N) is 1. The van der Waals surface area contributed by atoms with Gasteiger partial charge in [-0.05, 0) is 39.2 Å². The number of hydrogen-bond donors (Lipinski definition) is 2. The van der Waals surface area contributed by atoms with Crippen LogP contribution in [0, 0.1) is 0 Å². The van der Waals surface area contributed by atoms with Crippen LogP contribution in [0.1, 0.15) is 64.5 Å². The number of rotatable bonds is 3. The van der Waals surface area contributed by atoms with Gasteiger partial charge in [-0.15, -0.1) is 0 Å². The second-order valence-electron chi connectivity index (χ2n) is 7.28. The van der Waals surface area contributed by atoms with Gasteiger partial charge in [-0.1, -0.05) is 49.6 Å². The van der Waals surface area contributed by atoms with Gasteiger partial charge in [0, 0.05) is 5.54 Å². The molecule has 1 saturated carbocycles. The molecule has 0 spiro atoms. The summed E-state index contributed by atoms with van der Waals surface area (Å²) in [6.07, 6.45) is 4.86. The van der Waals surface area contributed by atoms with Crippen LogP contribution in [-0.2, 0) is 4.74 Å². The Morgan fingerprint density at radius 3 is 2.32 bits per heavy atom. The predicted molar refractivity (Wildman–Crippen MR) is 88.6 cm³/mol. The third-order valence-corrected chi connectivity index (χ3v) is 4.15. The molecule has 0 heterocycles. The molecule has 0 radical (unpaired) electrons. The molecular weight excluding hydrogens is 276 g/mol. The van der Waals surface area contributed by atoms with Crippen molar-refractivity contribution >= 4 is 6.09 Å². The van der Waals surface area contributed by atoms with Gasteiger partial charge in [0.25, 0.3) is 0 Å². The fourth-order valence-corrected chi connectivity index (χ4v) is 3.13. The van der Waals surface area contributed by atoms with E-state index in [-0.39, 0.29) is 6.04 Å². The first-order chi connectivity index (χ1) is 10.3. The van der Waals surface area contributed by atoms with Gasteiger partial charge in [0.15, 0.2) is 0 Å². The van der Waals surface area contributed by atoms with Crippen molar-refractivity contribution < 1.29 is 9.53 Å². The van der Waals surface area contributed by atoms with Crippen LogP contribution in [0.2, 0.25) is 0 Å². The summed E-state index contributed by atoms with van der Waals surface area (Å²) >= 11 is 0. The molecule has 1 unspecified atom stereocenters.